The van der Waals surface area contributed by atoms with Crippen LogP contribution in [0.3, 0.4) is 0 Å². The van der Waals surface area contributed by atoms with Gasteiger partial charge in [0.2, 0.25) is 5.28 Å². The molecule has 0 saturated carbocycles. The van der Waals surface area contributed by atoms with E-state index in [-0.39, 0.29) is 6.04 Å². The van der Waals surface area contributed by atoms with Crippen LogP contribution in [0.4, 0.5) is 0 Å². The summed E-state index contributed by atoms with van der Waals surface area (Å²) in [6, 6.07) is 6.23. The zero-order valence-corrected chi connectivity index (χ0v) is 10.3. The highest BCUT2D eigenvalue weighted by Gasteiger charge is 2.12. The van der Waals surface area contributed by atoms with Gasteiger partial charge < -0.3 is 5.32 Å². The van der Waals surface area contributed by atoms with E-state index in [0.717, 1.165) is 22.2 Å². The molecule has 0 bridgehead atoms. The number of hydrogen-bond donors (Lipinski definition) is 1. The van der Waals surface area contributed by atoms with E-state index in [1.54, 1.807) is 0 Å². The van der Waals surface area contributed by atoms with Crippen LogP contribution >= 0.6 is 11.6 Å². The first-order valence-corrected chi connectivity index (χ1v) is 5.61. The van der Waals surface area contributed by atoms with Crippen LogP contribution in [0, 0.1) is 6.92 Å². The van der Waals surface area contributed by atoms with Crippen molar-refractivity contribution in [2.45, 2.75) is 19.9 Å². The number of fused-ring (bicyclic) bond motifs is 1. The Balaban J connectivity index is 2.78. The Labute approximate surface area is 99.9 Å². The van der Waals surface area contributed by atoms with Gasteiger partial charge in [-0.3, -0.25) is 0 Å². The molecule has 1 N–H and O–H groups in total. The van der Waals surface area contributed by atoms with E-state index in [2.05, 4.69) is 22.2 Å². The van der Waals surface area contributed by atoms with Crippen molar-refractivity contribution in [2.24, 2.45) is 0 Å². The number of hydrogen-bond acceptors (Lipinski definition) is 3. The second kappa shape index (κ2) is 4.36. The fourth-order valence-corrected chi connectivity index (χ4v) is 1.93. The van der Waals surface area contributed by atoms with Crippen LogP contribution in [-0.2, 0) is 0 Å². The molecule has 0 amide bonds. The Hall–Kier alpha value is -1.19. The van der Waals surface area contributed by atoms with Gasteiger partial charge in [0.05, 0.1) is 11.2 Å². The fourth-order valence-electron chi connectivity index (χ4n) is 1.76. The molecule has 1 aromatic carbocycles. The molecular formula is C12H14ClN3. The molecule has 2 rings (SSSR count). The largest absolute Gasteiger partial charge is 0.312 e. The molecule has 4 heteroatoms. The highest BCUT2D eigenvalue weighted by molar-refractivity contribution is 6.28. The summed E-state index contributed by atoms with van der Waals surface area (Å²) in [4.78, 5) is 8.58. The third-order valence-corrected chi connectivity index (χ3v) is 2.94. The Bertz CT molecular complexity index is 525. The minimum absolute atomic E-state index is 0.157. The summed E-state index contributed by atoms with van der Waals surface area (Å²) in [5.74, 6) is 0. The first-order valence-electron chi connectivity index (χ1n) is 5.23. The van der Waals surface area contributed by atoms with Crippen molar-refractivity contribution in [3.63, 3.8) is 0 Å². The summed E-state index contributed by atoms with van der Waals surface area (Å²) in [5, 5.41) is 4.54. The van der Waals surface area contributed by atoms with Gasteiger partial charge in [-0.25, -0.2) is 9.97 Å². The lowest BCUT2D eigenvalue weighted by Crippen LogP contribution is -2.15. The van der Waals surface area contributed by atoms with Crippen molar-refractivity contribution in [1.82, 2.24) is 15.3 Å². The third-order valence-electron chi connectivity index (χ3n) is 2.77. The summed E-state index contributed by atoms with van der Waals surface area (Å²) in [7, 11) is 1.91. The van der Waals surface area contributed by atoms with E-state index in [4.69, 9.17) is 11.6 Å². The second-order valence-corrected chi connectivity index (χ2v) is 4.20. The highest BCUT2D eigenvalue weighted by atomic mass is 35.5. The summed E-state index contributed by atoms with van der Waals surface area (Å²) < 4.78 is 0. The zero-order valence-electron chi connectivity index (χ0n) is 9.58. The SMILES string of the molecule is CNC(C)c1nc(Cl)nc2c(C)cccc12. The number of aromatic nitrogens is 2. The van der Waals surface area contributed by atoms with E-state index >= 15 is 0 Å². The third kappa shape index (κ3) is 1.88. The number of benzene rings is 1. The molecule has 0 saturated heterocycles. The molecule has 16 heavy (non-hydrogen) atoms. The van der Waals surface area contributed by atoms with Gasteiger partial charge in [-0.2, -0.15) is 0 Å². The maximum Gasteiger partial charge on any atom is 0.223 e. The van der Waals surface area contributed by atoms with Gasteiger partial charge >= 0.3 is 0 Å². The predicted molar refractivity (Wildman–Crippen MR) is 66.8 cm³/mol. The van der Waals surface area contributed by atoms with E-state index in [9.17, 15) is 0 Å². The number of aryl methyl sites for hydroxylation is 1. The Morgan fingerprint density at radius 3 is 2.75 bits per heavy atom. The maximum atomic E-state index is 5.95. The van der Waals surface area contributed by atoms with Gasteiger partial charge in [0.1, 0.15) is 0 Å². The quantitative estimate of drug-likeness (QED) is 0.814. The lowest BCUT2D eigenvalue weighted by Gasteiger charge is -2.13. The summed E-state index contributed by atoms with van der Waals surface area (Å²) in [5.41, 5.74) is 2.99. The van der Waals surface area contributed by atoms with Gasteiger partial charge in [-0.1, -0.05) is 18.2 Å². The van der Waals surface area contributed by atoms with E-state index in [0.29, 0.717) is 5.28 Å². The molecule has 84 valence electrons. The number of nitrogens with zero attached hydrogens (tertiary/aromatic N) is 2. The van der Waals surface area contributed by atoms with Crippen LogP contribution in [0.2, 0.25) is 5.28 Å². The average molecular weight is 236 g/mol. The highest BCUT2D eigenvalue weighted by Crippen LogP contribution is 2.24. The van der Waals surface area contributed by atoms with E-state index in [1.807, 2.05) is 32.2 Å². The predicted octanol–water partition coefficient (Wildman–Crippen LogP) is 2.87. The minimum atomic E-state index is 0.157. The average Bonchev–Trinajstić information content (AvgIpc) is 2.28. The zero-order chi connectivity index (χ0) is 11.7. The van der Waals surface area contributed by atoms with Crippen LogP contribution in [0.1, 0.15) is 24.2 Å². The molecule has 0 aliphatic carbocycles. The van der Waals surface area contributed by atoms with Crippen molar-refractivity contribution in [3.05, 3.63) is 34.7 Å². The van der Waals surface area contributed by atoms with Crippen molar-refractivity contribution < 1.29 is 0 Å². The molecule has 1 aromatic heterocycles. The molecular weight excluding hydrogens is 222 g/mol. The molecule has 0 aliphatic heterocycles. The fraction of sp³-hybridized carbons (Fsp3) is 0.333. The van der Waals surface area contributed by atoms with Crippen LogP contribution in [0.25, 0.3) is 10.9 Å². The monoisotopic (exact) mass is 235 g/mol. The molecule has 1 atom stereocenters. The van der Waals surface area contributed by atoms with Gasteiger partial charge in [0, 0.05) is 11.4 Å². The van der Waals surface area contributed by atoms with Gasteiger partial charge in [-0.15, -0.1) is 0 Å². The van der Waals surface area contributed by atoms with Gasteiger partial charge in [0.15, 0.2) is 0 Å². The van der Waals surface area contributed by atoms with Crippen molar-refractivity contribution in [3.8, 4) is 0 Å². The summed E-state index contributed by atoms with van der Waals surface area (Å²) >= 11 is 5.95. The first kappa shape index (κ1) is 11.3. The standard InChI is InChI=1S/C12H14ClN3/c1-7-5-4-6-9-10(7)15-12(13)16-11(9)8(2)14-3/h4-6,8,14H,1-3H3. The minimum Gasteiger partial charge on any atom is -0.312 e. The normalized spacial score (nSPS) is 13.0. The smallest absolute Gasteiger partial charge is 0.223 e. The topological polar surface area (TPSA) is 37.8 Å². The summed E-state index contributed by atoms with van der Waals surface area (Å²) in [6.45, 7) is 4.08. The number of rotatable bonds is 2. The second-order valence-electron chi connectivity index (χ2n) is 3.86. The van der Waals surface area contributed by atoms with Crippen LogP contribution in [0.15, 0.2) is 18.2 Å². The van der Waals surface area contributed by atoms with E-state index in [1.165, 1.54) is 0 Å². The lowest BCUT2D eigenvalue weighted by atomic mass is 10.1. The molecule has 1 heterocycles. The van der Waals surface area contributed by atoms with Crippen LogP contribution in [0.5, 0.6) is 0 Å². The van der Waals surface area contributed by atoms with Crippen LogP contribution in [-0.4, -0.2) is 17.0 Å². The summed E-state index contributed by atoms with van der Waals surface area (Å²) in [6.07, 6.45) is 0. The maximum absolute atomic E-state index is 5.95. The first-order chi connectivity index (χ1) is 7.63. The van der Waals surface area contributed by atoms with Gasteiger partial charge in [-0.05, 0) is 38.1 Å². The van der Waals surface area contributed by atoms with Gasteiger partial charge in [0.25, 0.3) is 0 Å². The lowest BCUT2D eigenvalue weighted by molar-refractivity contribution is 0.637. The molecule has 1 unspecified atom stereocenters. The Morgan fingerprint density at radius 2 is 2.06 bits per heavy atom. The molecule has 3 nitrogen and oxygen atoms in total. The van der Waals surface area contributed by atoms with E-state index < -0.39 is 0 Å². The molecule has 0 spiro atoms. The molecule has 0 radical (unpaired) electrons. The van der Waals surface area contributed by atoms with Crippen molar-refractivity contribution >= 4 is 22.5 Å². The van der Waals surface area contributed by atoms with Crippen LogP contribution < -0.4 is 5.32 Å². The Kier molecular flexibility index (Phi) is 3.08. The molecule has 0 aliphatic rings. The number of halogens is 1. The molecule has 2 aromatic rings. The number of para-hydroxylation sites is 1. The van der Waals surface area contributed by atoms with Crippen molar-refractivity contribution in [1.29, 1.82) is 0 Å². The van der Waals surface area contributed by atoms with Crippen molar-refractivity contribution in [2.75, 3.05) is 7.05 Å². The number of nitrogens with one attached hydrogen (secondary N) is 1. The molecule has 0 fully saturated rings. The Morgan fingerprint density at radius 1 is 1.31 bits per heavy atom.